The van der Waals surface area contributed by atoms with E-state index in [9.17, 15) is 4.79 Å². The van der Waals surface area contributed by atoms with E-state index in [0.29, 0.717) is 0 Å². The highest BCUT2D eigenvalue weighted by Crippen LogP contribution is 2.12. The molecule has 1 aromatic heterocycles. The summed E-state index contributed by atoms with van der Waals surface area (Å²) in [6.07, 6.45) is 1.88. The average Bonchev–Trinajstić information content (AvgIpc) is 2.40. The van der Waals surface area contributed by atoms with Crippen molar-refractivity contribution in [3.8, 4) is 0 Å². The van der Waals surface area contributed by atoms with Crippen molar-refractivity contribution in [1.29, 1.82) is 0 Å². The zero-order valence-corrected chi connectivity index (χ0v) is 7.39. The van der Waals surface area contributed by atoms with Gasteiger partial charge in [-0.25, -0.2) is 8.77 Å². The van der Waals surface area contributed by atoms with Crippen molar-refractivity contribution < 1.29 is 0 Å². The maximum absolute atomic E-state index is 11.3. The van der Waals surface area contributed by atoms with Gasteiger partial charge in [0, 0.05) is 6.26 Å². The third-order valence-corrected chi connectivity index (χ3v) is 2.46. The first-order valence-corrected chi connectivity index (χ1v) is 4.75. The van der Waals surface area contributed by atoms with Gasteiger partial charge in [0.2, 0.25) is 0 Å². The normalized spacial score (nSPS) is 10.8. The van der Waals surface area contributed by atoms with Gasteiger partial charge in [0.1, 0.15) is 0 Å². The SMILES string of the molecule is CSn1c(=O)[nH]c2ccccc21. The fourth-order valence-corrected chi connectivity index (χ4v) is 1.78. The monoisotopic (exact) mass is 180 g/mol. The second kappa shape index (κ2) is 2.71. The van der Waals surface area contributed by atoms with Gasteiger partial charge >= 0.3 is 5.69 Å². The van der Waals surface area contributed by atoms with Crippen LogP contribution in [0.3, 0.4) is 0 Å². The molecular formula is C8H8N2OS. The largest absolute Gasteiger partial charge is 0.336 e. The van der Waals surface area contributed by atoms with E-state index in [-0.39, 0.29) is 5.69 Å². The summed E-state index contributed by atoms with van der Waals surface area (Å²) in [4.78, 5) is 14.0. The van der Waals surface area contributed by atoms with Gasteiger partial charge in [0.25, 0.3) is 0 Å². The van der Waals surface area contributed by atoms with Gasteiger partial charge in [0.05, 0.1) is 11.0 Å². The van der Waals surface area contributed by atoms with Crippen LogP contribution in [0.25, 0.3) is 11.0 Å². The van der Waals surface area contributed by atoms with Gasteiger partial charge < -0.3 is 4.98 Å². The lowest BCUT2D eigenvalue weighted by atomic mass is 10.3. The third-order valence-electron chi connectivity index (χ3n) is 1.73. The number of para-hydroxylation sites is 2. The summed E-state index contributed by atoms with van der Waals surface area (Å²) >= 11 is 1.40. The quantitative estimate of drug-likeness (QED) is 0.721. The lowest BCUT2D eigenvalue weighted by Crippen LogP contribution is -2.09. The summed E-state index contributed by atoms with van der Waals surface area (Å²) in [7, 11) is 0. The van der Waals surface area contributed by atoms with Crippen LogP contribution < -0.4 is 5.69 Å². The van der Waals surface area contributed by atoms with Gasteiger partial charge in [0.15, 0.2) is 0 Å². The Morgan fingerprint density at radius 3 is 2.92 bits per heavy atom. The topological polar surface area (TPSA) is 37.8 Å². The van der Waals surface area contributed by atoms with Crippen molar-refractivity contribution in [2.24, 2.45) is 0 Å². The molecule has 0 spiro atoms. The van der Waals surface area contributed by atoms with Gasteiger partial charge in [-0.05, 0) is 24.1 Å². The number of nitrogens with zero attached hydrogens (tertiary/aromatic N) is 1. The van der Waals surface area contributed by atoms with Crippen LogP contribution >= 0.6 is 11.9 Å². The summed E-state index contributed by atoms with van der Waals surface area (Å²) in [6, 6.07) is 7.64. The predicted octanol–water partition coefficient (Wildman–Crippen LogP) is 1.46. The molecule has 0 radical (unpaired) electrons. The number of benzene rings is 1. The zero-order valence-electron chi connectivity index (χ0n) is 6.57. The van der Waals surface area contributed by atoms with Gasteiger partial charge in [-0.2, -0.15) is 0 Å². The first-order valence-electron chi connectivity index (χ1n) is 3.57. The number of fused-ring (bicyclic) bond motifs is 1. The van der Waals surface area contributed by atoms with E-state index >= 15 is 0 Å². The molecule has 1 N–H and O–H groups in total. The molecule has 4 heteroatoms. The smallest absolute Gasteiger partial charge is 0.305 e. The van der Waals surface area contributed by atoms with Crippen LogP contribution in [0.1, 0.15) is 0 Å². The Kier molecular flexibility index (Phi) is 1.69. The first kappa shape index (κ1) is 7.49. The number of H-pyrrole nitrogens is 1. The standard InChI is InChI=1S/C8H8N2OS/c1-12-10-7-5-3-2-4-6(7)9-8(10)11/h2-5H,1H3,(H,9,11). The van der Waals surface area contributed by atoms with Crippen molar-refractivity contribution in [2.45, 2.75) is 0 Å². The third kappa shape index (κ3) is 0.956. The molecule has 0 amide bonds. The predicted molar refractivity (Wildman–Crippen MR) is 51.5 cm³/mol. The fraction of sp³-hybridized carbons (Fsp3) is 0.125. The molecule has 0 aliphatic heterocycles. The number of hydrogen-bond donors (Lipinski definition) is 1. The Bertz CT molecular complexity index is 457. The molecular weight excluding hydrogens is 172 g/mol. The van der Waals surface area contributed by atoms with Crippen molar-refractivity contribution in [1.82, 2.24) is 8.96 Å². The lowest BCUT2D eigenvalue weighted by molar-refractivity contribution is 1.15. The molecule has 0 unspecified atom stereocenters. The van der Waals surface area contributed by atoms with E-state index in [1.807, 2.05) is 30.5 Å². The van der Waals surface area contributed by atoms with Crippen LogP contribution in [0.5, 0.6) is 0 Å². The summed E-state index contributed by atoms with van der Waals surface area (Å²) in [6.45, 7) is 0. The van der Waals surface area contributed by atoms with Crippen LogP contribution in [0.15, 0.2) is 29.1 Å². The van der Waals surface area contributed by atoms with E-state index < -0.39 is 0 Å². The van der Waals surface area contributed by atoms with E-state index in [2.05, 4.69) is 4.98 Å². The molecule has 2 rings (SSSR count). The lowest BCUT2D eigenvalue weighted by Gasteiger charge is -1.93. The second-order valence-corrected chi connectivity index (χ2v) is 3.15. The van der Waals surface area contributed by atoms with E-state index in [1.165, 1.54) is 11.9 Å². The number of imidazole rings is 1. The van der Waals surface area contributed by atoms with Crippen molar-refractivity contribution in [2.75, 3.05) is 6.26 Å². The maximum atomic E-state index is 11.3. The minimum atomic E-state index is -0.0660. The van der Waals surface area contributed by atoms with E-state index in [1.54, 1.807) is 3.97 Å². The second-order valence-electron chi connectivity index (χ2n) is 2.42. The summed E-state index contributed by atoms with van der Waals surface area (Å²) in [5, 5.41) is 0. The highest BCUT2D eigenvalue weighted by Gasteiger charge is 2.02. The van der Waals surface area contributed by atoms with E-state index in [4.69, 9.17) is 0 Å². The Balaban J connectivity index is 2.91. The van der Waals surface area contributed by atoms with Crippen molar-refractivity contribution >= 4 is 23.0 Å². The van der Waals surface area contributed by atoms with Crippen molar-refractivity contribution in [3.05, 3.63) is 34.7 Å². The molecule has 12 heavy (non-hydrogen) atoms. The fourth-order valence-electron chi connectivity index (χ4n) is 1.21. The summed E-state index contributed by atoms with van der Waals surface area (Å²) in [5.41, 5.74) is 1.76. The maximum Gasteiger partial charge on any atom is 0.336 e. The highest BCUT2D eigenvalue weighted by molar-refractivity contribution is 7.97. The molecule has 2 aromatic rings. The zero-order chi connectivity index (χ0) is 8.55. The van der Waals surface area contributed by atoms with Crippen molar-refractivity contribution in [3.63, 3.8) is 0 Å². The van der Waals surface area contributed by atoms with Gasteiger partial charge in [-0.15, -0.1) is 0 Å². The Hall–Kier alpha value is -1.16. The Morgan fingerprint density at radius 2 is 2.17 bits per heavy atom. The number of aromatic amines is 1. The van der Waals surface area contributed by atoms with Crippen LogP contribution in [0.4, 0.5) is 0 Å². The number of rotatable bonds is 1. The molecule has 0 atom stereocenters. The Morgan fingerprint density at radius 1 is 1.42 bits per heavy atom. The molecule has 3 nitrogen and oxygen atoms in total. The number of aromatic nitrogens is 2. The number of nitrogens with one attached hydrogen (secondary N) is 1. The van der Waals surface area contributed by atoms with Crippen LogP contribution in [-0.4, -0.2) is 15.2 Å². The first-order chi connectivity index (χ1) is 5.83. The van der Waals surface area contributed by atoms with Gasteiger partial charge in [-0.3, -0.25) is 0 Å². The van der Waals surface area contributed by atoms with E-state index in [0.717, 1.165) is 11.0 Å². The summed E-state index contributed by atoms with van der Waals surface area (Å²) in [5.74, 6) is 0. The molecule has 1 aromatic carbocycles. The molecule has 0 saturated heterocycles. The summed E-state index contributed by atoms with van der Waals surface area (Å²) < 4.78 is 1.63. The minimum Gasteiger partial charge on any atom is -0.305 e. The van der Waals surface area contributed by atoms with Crippen LogP contribution in [-0.2, 0) is 0 Å². The number of hydrogen-bond acceptors (Lipinski definition) is 2. The van der Waals surface area contributed by atoms with Gasteiger partial charge in [-0.1, -0.05) is 12.1 Å². The molecule has 0 aliphatic rings. The molecule has 0 fully saturated rings. The molecule has 0 saturated carbocycles. The molecule has 0 aliphatic carbocycles. The minimum absolute atomic E-state index is 0.0660. The average molecular weight is 180 g/mol. The molecule has 0 bridgehead atoms. The Labute approximate surface area is 73.5 Å². The van der Waals surface area contributed by atoms with Crippen LogP contribution in [0, 0.1) is 0 Å². The molecule has 62 valence electrons. The molecule has 1 heterocycles. The highest BCUT2D eigenvalue weighted by atomic mass is 32.2. The van der Waals surface area contributed by atoms with Crippen LogP contribution in [0.2, 0.25) is 0 Å².